The fourth-order valence-corrected chi connectivity index (χ4v) is 5.17. The number of fused-ring (bicyclic) bond motifs is 1. The Morgan fingerprint density at radius 1 is 1.16 bits per heavy atom. The highest BCUT2D eigenvalue weighted by Crippen LogP contribution is 2.34. The Morgan fingerprint density at radius 2 is 1.84 bits per heavy atom. The zero-order valence-electron chi connectivity index (χ0n) is 18.2. The van der Waals surface area contributed by atoms with Crippen LogP contribution >= 0.6 is 0 Å². The predicted octanol–water partition coefficient (Wildman–Crippen LogP) is 5.01. The summed E-state index contributed by atoms with van der Waals surface area (Å²) in [6.45, 7) is 6.42. The second-order valence-electron chi connectivity index (χ2n) is 7.53. The van der Waals surface area contributed by atoms with Crippen LogP contribution < -0.4 is 9.62 Å². The van der Waals surface area contributed by atoms with Crippen molar-refractivity contribution in [1.29, 1.82) is 0 Å². The summed E-state index contributed by atoms with van der Waals surface area (Å²) in [5.74, 6) is 1.85. The van der Waals surface area contributed by atoms with Crippen molar-refractivity contribution in [3.63, 3.8) is 0 Å². The molecule has 160 valence electrons. The van der Waals surface area contributed by atoms with Crippen LogP contribution in [-0.4, -0.2) is 29.0 Å². The minimum absolute atomic E-state index is 0.0273. The minimum atomic E-state index is -0.834. The Bertz CT molecular complexity index is 1150. The molecule has 0 saturated carbocycles. The molecule has 0 aliphatic heterocycles. The van der Waals surface area contributed by atoms with Crippen LogP contribution in [-0.2, 0) is 15.5 Å². The topological polar surface area (TPSA) is 52.6 Å². The van der Waals surface area contributed by atoms with Crippen molar-refractivity contribution >= 4 is 44.2 Å². The Balaban J connectivity index is 2.03. The third kappa shape index (κ3) is 5.28. The molecule has 0 heterocycles. The maximum Gasteiger partial charge on any atom is 0.305 e. The van der Waals surface area contributed by atoms with Gasteiger partial charge in [-0.25, -0.2) is 4.72 Å². The lowest BCUT2D eigenvalue weighted by molar-refractivity contribution is -0.137. The molecule has 5 heteroatoms. The lowest BCUT2D eigenvalue weighted by Gasteiger charge is -2.30. The van der Waals surface area contributed by atoms with Crippen LogP contribution in [0.4, 0.5) is 11.4 Å². The molecule has 2 unspecified atom stereocenters. The Kier molecular flexibility index (Phi) is 7.38. The fourth-order valence-electron chi connectivity index (χ4n) is 3.68. The van der Waals surface area contributed by atoms with Crippen LogP contribution in [0.15, 0.2) is 65.6 Å². The number of nitrogens with zero attached hydrogens (tertiary/aromatic N) is 1. The first-order valence-electron chi connectivity index (χ1n) is 10.3. The number of rotatable bonds is 8. The van der Waals surface area contributed by atoms with Gasteiger partial charge in [-0.2, -0.15) is 0 Å². The molecule has 31 heavy (non-hydrogen) atoms. The van der Waals surface area contributed by atoms with Gasteiger partial charge in [0.05, 0.1) is 24.0 Å². The molecular formula is C26H29N2O2S+. The van der Waals surface area contributed by atoms with Crippen LogP contribution in [0.25, 0.3) is 10.8 Å². The fraction of sp³-hybridized carbons (Fsp3) is 0.231. The monoisotopic (exact) mass is 433 g/mol. The number of thiol groups is 1. The van der Waals surface area contributed by atoms with Crippen molar-refractivity contribution in [1.82, 2.24) is 0 Å². The Morgan fingerprint density at radius 3 is 2.45 bits per heavy atom. The van der Waals surface area contributed by atoms with E-state index in [1.54, 1.807) is 0 Å². The molecular weight excluding hydrogens is 404 g/mol. The molecule has 2 atom stereocenters. The van der Waals surface area contributed by atoms with E-state index in [2.05, 4.69) is 72.3 Å². The van der Waals surface area contributed by atoms with E-state index in [1.807, 2.05) is 30.0 Å². The number of carboxylic acid groups (broad SMARTS) is 1. The maximum absolute atomic E-state index is 11.3. The van der Waals surface area contributed by atoms with E-state index in [9.17, 15) is 9.90 Å². The van der Waals surface area contributed by atoms with Gasteiger partial charge >= 0.3 is 5.97 Å². The number of aliphatic carboxylic acids is 1. The molecule has 3 rings (SSSR count). The van der Waals surface area contributed by atoms with Gasteiger partial charge in [-0.1, -0.05) is 47.9 Å². The van der Waals surface area contributed by atoms with E-state index in [-0.39, 0.29) is 12.5 Å². The average Bonchev–Trinajstić information content (AvgIpc) is 2.76. The predicted molar refractivity (Wildman–Crippen MR) is 135 cm³/mol. The van der Waals surface area contributed by atoms with Crippen LogP contribution in [0.2, 0.25) is 0 Å². The number of hydrogen-bond donors (Lipinski definition) is 2. The highest BCUT2D eigenvalue weighted by atomic mass is 32.2. The molecule has 0 aliphatic rings. The van der Waals surface area contributed by atoms with Gasteiger partial charge in [0.15, 0.2) is 0 Å². The van der Waals surface area contributed by atoms with Crippen LogP contribution in [0.1, 0.15) is 25.8 Å². The second kappa shape index (κ2) is 10.2. The van der Waals surface area contributed by atoms with Gasteiger partial charge in [0.2, 0.25) is 0 Å². The number of aryl methyl sites for hydroxylation is 1. The van der Waals surface area contributed by atoms with Gasteiger partial charge in [-0.05, 0) is 55.7 Å². The van der Waals surface area contributed by atoms with Gasteiger partial charge in [0.1, 0.15) is 4.90 Å². The molecule has 0 aromatic heterocycles. The van der Waals surface area contributed by atoms with Gasteiger partial charge in [0.25, 0.3) is 0 Å². The Hall–Kier alpha value is -3.23. The van der Waals surface area contributed by atoms with Crippen molar-refractivity contribution in [2.24, 2.45) is 0 Å². The van der Waals surface area contributed by atoms with E-state index in [1.165, 1.54) is 10.5 Å². The summed E-state index contributed by atoms with van der Waals surface area (Å²) < 4.78 is 3.72. The molecule has 0 saturated heterocycles. The highest BCUT2D eigenvalue weighted by molar-refractivity contribution is 7.96. The molecule has 3 aromatic carbocycles. The molecule has 3 aromatic rings. The summed E-state index contributed by atoms with van der Waals surface area (Å²) in [6, 6.07) is 20.7. The molecule has 0 bridgehead atoms. The largest absolute Gasteiger partial charge is 0.481 e. The first kappa shape index (κ1) is 22.5. The van der Waals surface area contributed by atoms with E-state index in [0.717, 1.165) is 22.1 Å². The normalized spacial score (nSPS) is 12.8. The van der Waals surface area contributed by atoms with E-state index < -0.39 is 16.6 Å². The van der Waals surface area contributed by atoms with Gasteiger partial charge in [-0.3, -0.25) is 4.79 Å². The number of nitrogens with one attached hydrogen (secondary N) is 1. The lowest BCUT2D eigenvalue weighted by Crippen LogP contribution is -2.35. The van der Waals surface area contributed by atoms with Crippen LogP contribution in [0, 0.1) is 19.3 Å². The summed E-state index contributed by atoms with van der Waals surface area (Å²) in [7, 11) is -0.670. The SMILES string of the molecule is C#CCN(c1ccc(N[SH+](=CC)c2ccc(C)cc2)c2ccccc12)C(C)CC(=O)O. The molecule has 0 radical (unpaired) electrons. The number of terminal acetylenes is 1. The average molecular weight is 434 g/mol. The molecule has 0 spiro atoms. The molecule has 0 aliphatic carbocycles. The smallest absolute Gasteiger partial charge is 0.305 e. The number of benzene rings is 3. The van der Waals surface area contributed by atoms with Crippen LogP contribution in [0.3, 0.4) is 0 Å². The second-order valence-corrected chi connectivity index (χ2v) is 9.53. The summed E-state index contributed by atoms with van der Waals surface area (Å²) in [5, 5.41) is 13.6. The van der Waals surface area contributed by atoms with Gasteiger partial charge < -0.3 is 10.0 Å². The van der Waals surface area contributed by atoms with Crippen molar-refractivity contribution in [2.45, 2.75) is 38.1 Å². The number of carbonyl (C=O) groups is 1. The summed E-state index contributed by atoms with van der Waals surface area (Å²) in [6.07, 6.45) is 5.64. The number of hydrogen-bond acceptors (Lipinski definition) is 3. The molecule has 2 N–H and O–H groups in total. The highest BCUT2D eigenvalue weighted by Gasteiger charge is 2.20. The third-order valence-corrected chi connectivity index (χ3v) is 7.14. The van der Waals surface area contributed by atoms with Crippen molar-refractivity contribution in [2.75, 3.05) is 16.2 Å². The molecule has 0 fully saturated rings. The summed E-state index contributed by atoms with van der Waals surface area (Å²) >= 11 is 0. The van der Waals surface area contributed by atoms with Crippen molar-refractivity contribution in [3.05, 3.63) is 66.2 Å². The molecule has 4 nitrogen and oxygen atoms in total. The standard InChI is InChI=1S/C26H28N2O2S/c1-5-17-28(20(4)18-26(29)30)25-16-15-24(22-9-7-8-10-23(22)25)27-31(6-2)21-13-11-19(3)12-14-21/h1,6-16,20,27H,17-18H2,2-4H3,(H,29,30)/p+1. The first-order valence-corrected chi connectivity index (χ1v) is 11.7. The molecule has 0 amide bonds. The quantitative estimate of drug-likeness (QED) is 0.227. The summed E-state index contributed by atoms with van der Waals surface area (Å²) in [5.41, 5.74) is 3.25. The van der Waals surface area contributed by atoms with E-state index >= 15 is 0 Å². The Labute approximate surface area is 187 Å². The number of carboxylic acids is 1. The minimum Gasteiger partial charge on any atom is -0.481 e. The van der Waals surface area contributed by atoms with Crippen molar-refractivity contribution < 1.29 is 9.90 Å². The zero-order chi connectivity index (χ0) is 22.4. The van der Waals surface area contributed by atoms with Gasteiger partial charge in [-0.15, -0.1) is 6.42 Å². The van der Waals surface area contributed by atoms with E-state index in [0.29, 0.717) is 6.54 Å². The van der Waals surface area contributed by atoms with Crippen molar-refractivity contribution in [3.8, 4) is 12.3 Å². The third-order valence-electron chi connectivity index (χ3n) is 5.29. The maximum atomic E-state index is 11.3. The summed E-state index contributed by atoms with van der Waals surface area (Å²) in [4.78, 5) is 14.5. The van der Waals surface area contributed by atoms with Gasteiger partial charge in [0, 0.05) is 22.5 Å². The van der Waals surface area contributed by atoms with E-state index in [4.69, 9.17) is 6.42 Å². The lowest BCUT2D eigenvalue weighted by atomic mass is 10.0. The first-order chi connectivity index (χ1) is 14.9. The van der Waals surface area contributed by atoms with Crippen LogP contribution in [0.5, 0.6) is 0 Å². The number of anilines is 2. The zero-order valence-corrected chi connectivity index (χ0v) is 19.1.